The first-order valence-corrected chi connectivity index (χ1v) is 6.29. The van der Waals surface area contributed by atoms with E-state index in [1.165, 1.54) is 6.07 Å². The number of carboxylic acids is 2. The minimum Gasteiger partial charge on any atom is -0.481 e. The number of hydrogen-bond donors (Lipinski definition) is 2. The number of ether oxygens (including phenoxy) is 1. The molecule has 0 aliphatic rings. The summed E-state index contributed by atoms with van der Waals surface area (Å²) in [5.41, 5.74) is 1.37. The lowest BCUT2D eigenvalue weighted by Crippen LogP contribution is -2.04. The number of para-hydroxylation sites is 1. The number of benzene rings is 2. The van der Waals surface area contributed by atoms with Gasteiger partial charge in [-0.05, 0) is 30.7 Å². The van der Waals surface area contributed by atoms with Crippen LogP contribution in [0.2, 0.25) is 0 Å². The van der Waals surface area contributed by atoms with Crippen LogP contribution in [0.25, 0.3) is 0 Å². The van der Waals surface area contributed by atoms with Crippen molar-refractivity contribution in [2.75, 3.05) is 0 Å². The average Bonchev–Trinajstić information content (AvgIpc) is 2.40. The van der Waals surface area contributed by atoms with Gasteiger partial charge >= 0.3 is 11.9 Å². The molecule has 0 saturated carbocycles. The average molecular weight is 286 g/mol. The minimum absolute atomic E-state index is 0.0331. The smallest absolute Gasteiger partial charge is 0.339 e. The molecule has 0 aromatic heterocycles. The lowest BCUT2D eigenvalue weighted by Gasteiger charge is -2.12. The van der Waals surface area contributed by atoms with Crippen molar-refractivity contribution in [3.05, 3.63) is 59.2 Å². The maximum Gasteiger partial charge on any atom is 0.339 e. The molecule has 2 N–H and O–H groups in total. The van der Waals surface area contributed by atoms with Crippen LogP contribution in [0.15, 0.2) is 42.5 Å². The van der Waals surface area contributed by atoms with Crippen LogP contribution in [-0.4, -0.2) is 22.2 Å². The molecule has 0 fully saturated rings. The molecule has 0 saturated heterocycles. The fourth-order valence-electron chi connectivity index (χ4n) is 1.92. The van der Waals surface area contributed by atoms with Crippen molar-refractivity contribution >= 4 is 11.9 Å². The van der Waals surface area contributed by atoms with Crippen molar-refractivity contribution in [1.82, 2.24) is 0 Å². The molecule has 0 atom stereocenters. The lowest BCUT2D eigenvalue weighted by molar-refractivity contribution is -0.136. The summed E-state index contributed by atoms with van der Waals surface area (Å²) >= 11 is 0. The Bertz CT molecular complexity index is 691. The quantitative estimate of drug-likeness (QED) is 0.882. The summed E-state index contributed by atoms with van der Waals surface area (Å²) < 4.78 is 5.64. The Kier molecular flexibility index (Phi) is 4.23. The summed E-state index contributed by atoms with van der Waals surface area (Å²) in [6.45, 7) is 1.82. The van der Waals surface area contributed by atoms with E-state index in [2.05, 4.69) is 0 Å². The number of carboxylic acid groups (broad SMARTS) is 2. The van der Waals surface area contributed by atoms with Gasteiger partial charge in [0.15, 0.2) is 0 Å². The van der Waals surface area contributed by atoms with Crippen LogP contribution >= 0.6 is 0 Å². The third-order valence-electron chi connectivity index (χ3n) is 2.90. The second-order valence-corrected chi connectivity index (χ2v) is 4.59. The monoisotopic (exact) mass is 286 g/mol. The fourth-order valence-corrected chi connectivity index (χ4v) is 1.92. The van der Waals surface area contributed by atoms with Gasteiger partial charge in [0.1, 0.15) is 17.1 Å². The Morgan fingerprint density at radius 3 is 2.43 bits per heavy atom. The molecule has 108 valence electrons. The van der Waals surface area contributed by atoms with E-state index < -0.39 is 11.9 Å². The normalized spacial score (nSPS) is 10.1. The van der Waals surface area contributed by atoms with Gasteiger partial charge < -0.3 is 14.9 Å². The molecule has 0 heterocycles. The first-order valence-electron chi connectivity index (χ1n) is 6.29. The Balaban J connectivity index is 2.40. The van der Waals surface area contributed by atoms with E-state index in [0.29, 0.717) is 11.3 Å². The topological polar surface area (TPSA) is 83.8 Å². The maximum atomic E-state index is 11.2. The summed E-state index contributed by atoms with van der Waals surface area (Å²) in [6, 6.07) is 11.4. The van der Waals surface area contributed by atoms with Gasteiger partial charge in [-0.1, -0.05) is 24.3 Å². The molecule has 0 bridgehead atoms. The van der Waals surface area contributed by atoms with E-state index >= 15 is 0 Å². The van der Waals surface area contributed by atoms with E-state index in [-0.39, 0.29) is 17.7 Å². The highest BCUT2D eigenvalue weighted by Gasteiger charge is 2.14. The summed E-state index contributed by atoms with van der Waals surface area (Å²) in [7, 11) is 0. The molecule has 0 amide bonds. The first-order chi connectivity index (χ1) is 9.97. The standard InChI is InChI=1S/C16H14O5/c1-10-6-7-12(16(19)20)14(8-10)21-13-5-3-2-4-11(13)9-15(17)18/h2-8H,9H2,1H3,(H,17,18)(H,19,20). The van der Waals surface area contributed by atoms with E-state index in [4.69, 9.17) is 9.84 Å². The molecule has 2 aromatic carbocycles. The van der Waals surface area contributed by atoms with Crippen LogP contribution < -0.4 is 4.74 Å². The highest BCUT2D eigenvalue weighted by atomic mass is 16.5. The van der Waals surface area contributed by atoms with Crippen molar-refractivity contribution < 1.29 is 24.5 Å². The van der Waals surface area contributed by atoms with Crippen molar-refractivity contribution in [1.29, 1.82) is 0 Å². The molecule has 21 heavy (non-hydrogen) atoms. The molecule has 0 radical (unpaired) electrons. The third-order valence-corrected chi connectivity index (χ3v) is 2.90. The number of aliphatic carboxylic acids is 1. The summed E-state index contributed by atoms with van der Waals surface area (Å²) in [6.07, 6.45) is -0.190. The van der Waals surface area contributed by atoms with Crippen LogP contribution in [0, 0.1) is 6.92 Å². The molecule has 0 aliphatic heterocycles. The van der Waals surface area contributed by atoms with E-state index in [9.17, 15) is 14.7 Å². The molecule has 0 spiro atoms. The predicted octanol–water partition coefficient (Wildman–Crippen LogP) is 3.11. The molecule has 0 aliphatic carbocycles. The highest BCUT2D eigenvalue weighted by molar-refractivity contribution is 5.91. The number of rotatable bonds is 5. The molecule has 2 aromatic rings. The van der Waals surface area contributed by atoms with Gasteiger partial charge in [0.2, 0.25) is 0 Å². The van der Waals surface area contributed by atoms with Gasteiger partial charge in [-0.3, -0.25) is 4.79 Å². The van der Waals surface area contributed by atoms with Crippen LogP contribution in [0.4, 0.5) is 0 Å². The number of carbonyl (C=O) groups is 2. The summed E-state index contributed by atoms with van der Waals surface area (Å²) in [5.74, 6) is -1.54. The maximum absolute atomic E-state index is 11.2. The number of aromatic carboxylic acids is 1. The zero-order valence-corrected chi connectivity index (χ0v) is 11.4. The Labute approximate surface area is 121 Å². The van der Waals surface area contributed by atoms with Crippen molar-refractivity contribution in [2.45, 2.75) is 13.3 Å². The molecular formula is C16H14O5. The van der Waals surface area contributed by atoms with Crippen molar-refractivity contribution in [2.24, 2.45) is 0 Å². The van der Waals surface area contributed by atoms with Gasteiger partial charge in [0.05, 0.1) is 6.42 Å². The van der Waals surface area contributed by atoms with Gasteiger partial charge in [0.25, 0.3) is 0 Å². The third kappa shape index (κ3) is 3.60. The van der Waals surface area contributed by atoms with Crippen LogP contribution in [0.1, 0.15) is 21.5 Å². The molecule has 2 rings (SSSR count). The van der Waals surface area contributed by atoms with Crippen LogP contribution in [0.3, 0.4) is 0 Å². The van der Waals surface area contributed by atoms with E-state index in [0.717, 1.165) is 5.56 Å². The summed E-state index contributed by atoms with van der Waals surface area (Å²) in [5, 5.41) is 18.1. The highest BCUT2D eigenvalue weighted by Crippen LogP contribution is 2.29. The molecule has 0 unspecified atom stereocenters. The Morgan fingerprint density at radius 2 is 1.76 bits per heavy atom. The number of hydrogen-bond acceptors (Lipinski definition) is 3. The summed E-state index contributed by atoms with van der Waals surface area (Å²) in [4.78, 5) is 22.1. The largest absolute Gasteiger partial charge is 0.481 e. The zero-order valence-electron chi connectivity index (χ0n) is 11.4. The lowest BCUT2D eigenvalue weighted by atomic mass is 10.1. The predicted molar refractivity (Wildman–Crippen MR) is 76.0 cm³/mol. The van der Waals surface area contributed by atoms with Gasteiger partial charge in [0, 0.05) is 5.56 Å². The van der Waals surface area contributed by atoms with Crippen LogP contribution in [0.5, 0.6) is 11.5 Å². The van der Waals surface area contributed by atoms with E-state index in [1.807, 2.05) is 6.92 Å². The fraction of sp³-hybridized carbons (Fsp3) is 0.125. The van der Waals surface area contributed by atoms with Crippen molar-refractivity contribution in [3.8, 4) is 11.5 Å². The molecule has 5 heteroatoms. The number of aryl methyl sites for hydroxylation is 1. The van der Waals surface area contributed by atoms with Gasteiger partial charge in [-0.25, -0.2) is 4.79 Å². The molecular weight excluding hydrogens is 272 g/mol. The molecule has 5 nitrogen and oxygen atoms in total. The minimum atomic E-state index is -1.10. The zero-order chi connectivity index (χ0) is 15.4. The second-order valence-electron chi connectivity index (χ2n) is 4.59. The van der Waals surface area contributed by atoms with Gasteiger partial charge in [-0.2, -0.15) is 0 Å². The van der Waals surface area contributed by atoms with E-state index in [1.54, 1.807) is 36.4 Å². The Hall–Kier alpha value is -2.82. The van der Waals surface area contributed by atoms with Crippen molar-refractivity contribution in [3.63, 3.8) is 0 Å². The first kappa shape index (κ1) is 14.6. The van der Waals surface area contributed by atoms with Crippen LogP contribution in [-0.2, 0) is 11.2 Å². The van der Waals surface area contributed by atoms with Gasteiger partial charge in [-0.15, -0.1) is 0 Å². The second kappa shape index (κ2) is 6.09. The Morgan fingerprint density at radius 1 is 1.05 bits per heavy atom. The SMILES string of the molecule is Cc1ccc(C(=O)O)c(Oc2ccccc2CC(=O)O)c1.